The third kappa shape index (κ3) is 3.77. The van der Waals surface area contributed by atoms with Crippen molar-refractivity contribution >= 4 is 67.5 Å². The Bertz CT molecular complexity index is 1950. The summed E-state index contributed by atoms with van der Waals surface area (Å²) in [6, 6.07) is 13.5. The summed E-state index contributed by atoms with van der Waals surface area (Å²) >= 11 is 12.0. The third-order valence-electron chi connectivity index (χ3n) is 5.74. The van der Waals surface area contributed by atoms with Gasteiger partial charge in [-0.05, 0) is 47.2 Å². The number of nitro groups is 2. The Kier molecular flexibility index (Phi) is 5.00. The summed E-state index contributed by atoms with van der Waals surface area (Å²) in [5.74, 6) is 0.142. The van der Waals surface area contributed by atoms with E-state index in [0.717, 1.165) is 0 Å². The Morgan fingerprint density at radius 3 is 1.89 bits per heavy atom. The highest BCUT2D eigenvalue weighted by Gasteiger charge is 2.21. The Balaban J connectivity index is 1.46. The highest BCUT2D eigenvalue weighted by atomic mass is 35.5. The minimum atomic E-state index is -0.628. The number of hydrogen-bond donors (Lipinski definition) is 1. The van der Waals surface area contributed by atoms with E-state index in [1.807, 2.05) is 0 Å². The molecule has 0 unspecified atom stereocenters. The number of nitro benzene ring substituents is 2. The minimum Gasteiger partial charge on any atom is -0.507 e. The van der Waals surface area contributed by atoms with E-state index in [1.165, 1.54) is 30.3 Å². The molecule has 0 aliphatic carbocycles. The SMILES string of the molecule is O=[N+]([O-])c1cc2oc(-c3ccc4cc(O)c(-c5nc6cc(Cl)c([N+](=O)[O-])cc6o5)cc4c3)nc2cc1Cl. The van der Waals surface area contributed by atoms with Crippen LogP contribution in [0.15, 0.2) is 63.4 Å². The molecule has 11 nitrogen and oxygen atoms in total. The number of phenolic OH excluding ortho intramolecular Hbond substituents is 1. The molecule has 182 valence electrons. The lowest BCUT2D eigenvalue weighted by molar-refractivity contribution is -0.384. The summed E-state index contributed by atoms with van der Waals surface area (Å²) in [5.41, 5.74) is 1.19. The monoisotopic (exact) mass is 536 g/mol. The molecule has 13 heteroatoms. The Hall–Kier alpha value is -4.74. The van der Waals surface area contributed by atoms with Gasteiger partial charge in [-0.25, -0.2) is 9.97 Å². The topological polar surface area (TPSA) is 159 Å². The number of aromatic nitrogens is 2. The zero-order valence-electron chi connectivity index (χ0n) is 18.1. The third-order valence-corrected chi connectivity index (χ3v) is 6.35. The van der Waals surface area contributed by atoms with Crippen LogP contribution in [0.4, 0.5) is 11.4 Å². The van der Waals surface area contributed by atoms with Crippen molar-refractivity contribution in [3.05, 3.63) is 84.9 Å². The van der Waals surface area contributed by atoms with Crippen LogP contribution in [0.3, 0.4) is 0 Å². The van der Waals surface area contributed by atoms with E-state index in [4.69, 9.17) is 32.0 Å². The van der Waals surface area contributed by atoms with Crippen LogP contribution >= 0.6 is 23.2 Å². The molecular weight excluding hydrogens is 527 g/mol. The fourth-order valence-corrected chi connectivity index (χ4v) is 4.44. The van der Waals surface area contributed by atoms with Gasteiger partial charge in [-0.1, -0.05) is 29.3 Å². The molecule has 0 saturated heterocycles. The number of fused-ring (bicyclic) bond motifs is 3. The molecule has 0 aliphatic heterocycles. The summed E-state index contributed by atoms with van der Waals surface area (Å²) in [5, 5.41) is 34.2. The Morgan fingerprint density at radius 2 is 1.30 bits per heavy atom. The van der Waals surface area contributed by atoms with Gasteiger partial charge in [0.2, 0.25) is 11.8 Å². The quantitative estimate of drug-likeness (QED) is 0.180. The maximum atomic E-state index is 11.2. The average Bonchev–Trinajstić information content (AvgIpc) is 3.45. The number of phenols is 1. The fourth-order valence-electron chi connectivity index (χ4n) is 3.98. The number of aromatic hydroxyl groups is 1. The van der Waals surface area contributed by atoms with Crippen LogP contribution in [-0.2, 0) is 0 Å². The first kappa shape index (κ1) is 22.7. The van der Waals surface area contributed by atoms with E-state index in [1.54, 1.807) is 24.3 Å². The average molecular weight is 537 g/mol. The fraction of sp³-hybridized carbons (Fsp3) is 0. The van der Waals surface area contributed by atoms with Gasteiger partial charge in [-0.2, -0.15) is 0 Å². The van der Waals surface area contributed by atoms with Crippen molar-refractivity contribution in [1.29, 1.82) is 0 Å². The predicted octanol–water partition coefficient (Wildman–Crippen LogP) is 7.29. The second-order valence-corrected chi connectivity index (χ2v) is 8.84. The second kappa shape index (κ2) is 8.15. The van der Waals surface area contributed by atoms with Crippen molar-refractivity contribution < 1.29 is 23.8 Å². The van der Waals surface area contributed by atoms with Crippen LogP contribution in [-0.4, -0.2) is 24.9 Å². The lowest BCUT2D eigenvalue weighted by Gasteiger charge is -2.05. The van der Waals surface area contributed by atoms with Gasteiger partial charge in [-0.15, -0.1) is 0 Å². The van der Waals surface area contributed by atoms with E-state index in [9.17, 15) is 25.3 Å². The van der Waals surface area contributed by atoms with Crippen LogP contribution in [0.5, 0.6) is 5.75 Å². The van der Waals surface area contributed by atoms with Crippen LogP contribution in [0.1, 0.15) is 0 Å². The number of nitrogens with zero attached hydrogens (tertiary/aromatic N) is 4. The molecule has 0 radical (unpaired) electrons. The molecule has 2 aromatic heterocycles. The summed E-state index contributed by atoms with van der Waals surface area (Å²) in [7, 11) is 0. The van der Waals surface area contributed by atoms with Crippen LogP contribution in [0.2, 0.25) is 10.0 Å². The first-order valence-corrected chi connectivity index (χ1v) is 11.2. The van der Waals surface area contributed by atoms with Gasteiger partial charge in [0.15, 0.2) is 11.2 Å². The number of benzene rings is 4. The van der Waals surface area contributed by atoms with Gasteiger partial charge < -0.3 is 13.9 Å². The summed E-state index contributed by atoms with van der Waals surface area (Å²) in [4.78, 5) is 29.8. The molecule has 0 aliphatic rings. The molecule has 0 fully saturated rings. The number of halogens is 2. The largest absolute Gasteiger partial charge is 0.507 e. The standard InChI is InChI=1S/C24H10Cl2N4O7/c25-14-6-16-21(8-18(14)29(32)33)36-23(27-16)11-2-1-10-5-20(31)13(4-12(10)3-11)24-28-17-7-15(26)19(30(34)35)9-22(17)37-24/h1-9,31H. The minimum absolute atomic E-state index is 0.0418. The van der Waals surface area contributed by atoms with Gasteiger partial charge in [0, 0.05) is 5.56 Å². The van der Waals surface area contributed by atoms with E-state index in [-0.39, 0.29) is 61.2 Å². The predicted molar refractivity (Wildman–Crippen MR) is 135 cm³/mol. The smallest absolute Gasteiger partial charge is 0.291 e. The molecule has 0 spiro atoms. The van der Waals surface area contributed by atoms with E-state index < -0.39 is 9.85 Å². The van der Waals surface area contributed by atoms with Crippen LogP contribution in [0.25, 0.3) is 55.9 Å². The van der Waals surface area contributed by atoms with E-state index in [0.29, 0.717) is 21.9 Å². The highest BCUT2D eigenvalue weighted by molar-refractivity contribution is 6.33. The second-order valence-electron chi connectivity index (χ2n) is 8.03. The van der Waals surface area contributed by atoms with Crippen molar-refractivity contribution in [2.24, 2.45) is 0 Å². The molecule has 0 saturated carbocycles. The van der Waals surface area contributed by atoms with Gasteiger partial charge in [0.25, 0.3) is 11.4 Å². The zero-order chi connectivity index (χ0) is 26.0. The molecule has 1 N–H and O–H groups in total. The summed E-state index contributed by atoms with van der Waals surface area (Å²) in [6.45, 7) is 0. The van der Waals surface area contributed by atoms with Gasteiger partial charge >= 0.3 is 0 Å². The Morgan fingerprint density at radius 1 is 0.730 bits per heavy atom. The molecule has 6 rings (SSSR count). The van der Waals surface area contributed by atoms with Crippen LogP contribution in [0, 0.1) is 20.2 Å². The highest BCUT2D eigenvalue weighted by Crippen LogP contribution is 2.38. The zero-order valence-corrected chi connectivity index (χ0v) is 19.6. The number of hydrogen-bond acceptors (Lipinski definition) is 9. The van der Waals surface area contributed by atoms with Crippen molar-refractivity contribution in [2.45, 2.75) is 0 Å². The van der Waals surface area contributed by atoms with Gasteiger partial charge in [-0.3, -0.25) is 20.2 Å². The first-order valence-electron chi connectivity index (χ1n) is 10.4. The molecule has 0 bridgehead atoms. The van der Waals surface area contributed by atoms with Crippen molar-refractivity contribution in [1.82, 2.24) is 9.97 Å². The summed E-state index contributed by atoms with van der Waals surface area (Å²) < 4.78 is 11.4. The maximum absolute atomic E-state index is 11.2. The van der Waals surface area contributed by atoms with Crippen molar-refractivity contribution in [3.8, 4) is 28.7 Å². The van der Waals surface area contributed by atoms with Gasteiger partial charge in [0.1, 0.15) is 26.8 Å². The Labute approximate surface area is 214 Å². The van der Waals surface area contributed by atoms with Crippen LogP contribution < -0.4 is 0 Å². The number of oxazole rings is 2. The van der Waals surface area contributed by atoms with E-state index in [2.05, 4.69) is 9.97 Å². The number of rotatable bonds is 4. The molecule has 37 heavy (non-hydrogen) atoms. The molecular formula is C24H10Cl2N4O7. The molecule has 0 atom stereocenters. The molecule has 0 amide bonds. The molecule has 4 aromatic carbocycles. The van der Waals surface area contributed by atoms with Gasteiger partial charge in [0.05, 0.1) is 27.5 Å². The normalized spacial score (nSPS) is 11.5. The summed E-state index contributed by atoms with van der Waals surface area (Å²) in [6.07, 6.45) is 0. The van der Waals surface area contributed by atoms with Crippen molar-refractivity contribution in [2.75, 3.05) is 0 Å². The van der Waals surface area contributed by atoms with Crippen molar-refractivity contribution in [3.63, 3.8) is 0 Å². The molecule has 6 aromatic rings. The lowest BCUT2D eigenvalue weighted by Crippen LogP contribution is -1.88. The molecule has 2 heterocycles. The first-order chi connectivity index (χ1) is 17.7. The lowest BCUT2D eigenvalue weighted by atomic mass is 10.0. The maximum Gasteiger partial charge on any atom is 0.291 e. The van der Waals surface area contributed by atoms with E-state index >= 15 is 0 Å².